The summed E-state index contributed by atoms with van der Waals surface area (Å²) in [7, 11) is 1.64. The van der Waals surface area contributed by atoms with Gasteiger partial charge in [-0.1, -0.05) is 29.8 Å². The molecule has 0 saturated heterocycles. The molecule has 3 N–H and O–H groups in total. The van der Waals surface area contributed by atoms with E-state index in [9.17, 15) is 4.79 Å². The van der Waals surface area contributed by atoms with Crippen molar-refractivity contribution in [2.45, 2.75) is 26.8 Å². The highest BCUT2D eigenvalue weighted by molar-refractivity contribution is 6.33. The monoisotopic (exact) mass is 402 g/mol. The van der Waals surface area contributed by atoms with Crippen LogP contribution in [0.4, 0.5) is 5.69 Å². The standard InChI is InChI=1S/C21H27ClN4O2/c1-4-23-21(25-14-16-6-8-17(28-3)9-7-16)24-12-11-20(27)26-19-10-5-15(2)13-18(19)22/h5-10,13H,4,11-12,14H2,1-3H3,(H,26,27)(H2,23,24,25). The van der Waals surface area contributed by atoms with Crippen molar-refractivity contribution < 1.29 is 9.53 Å². The second kappa shape index (κ2) is 11.2. The van der Waals surface area contributed by atoms with Crippen LogP contribution in [-0.2, 0) is 11.3 Å². The number of amides is 1. The van der Waals surface area contributed by atoms with Gasteiger partial charge in [0.1, 0.15) is 5.75 Å². The summed E-state index contributed by atoms with van der Waals surface area (Å²) in [4.78, 5) is 16.7. The third kappa shape index (κ3) is 7.12. The molecular weight excluding hydrogens is 376 g/mol. The average molecular weight is 403 g/mol. The minimum atomic E-state index is -0.107. The Kier molecular flexibility index (Phi) is 8.62. The van der Waals surface area contributed by atoms with Gasteiger partial charge in [0, 0.05) is 19.5 Å². The molecule has 2 rings (SSSR count). The number of methoxy groups -OCH3 is 1. The predicted octanol–water partition coefficient (Wildman–Crippen LogP) is 3.74. The van der Waals surface area contributed by atoms with Crippen molar-refractivity contribution in [1.82, 2.24) is 10.6 Å². The Morgan fingerprint density at radius 1 is 1.14 bits per heavy atom. The van der Waals surface area contributed by atoms with Crippen molar-refractivity contribution in [3.05, 3.63) is 58.6 Å². The molecule has 2 aromatic carbocycles. The van der Waals surface area contributed by atoms with Crippen molar-refractivity contribution in [3.63, 3.8) is 0 Å². The molecule has 0 spiro atoms. The SMILES string of the molecule is CCNC(=NCc1ccc(OC)cc1)NCCC(=O)Nc1ccc(C)cc1Cl. The van der Waals surface area contributed by atoms with Gasteiger partial charge in [-0.2, -0.15) is 0 Å². The molecule has 7 heteroatoms. The molecule has 0 unspecified atom stereocenters. The van der Waals surface area contributed by atoms with Crippen LogP contribution in [0.15, 0.2) is 47.5 Å². The Labute approximate surface area is 171 Å². The highest BCUT2D eigenvalue weighted by Gasteiger charge is 2.06. The number of hydrogen-bond acceptors (Lipinski definition) is 3. The van der Waals surface area contributed by atoms with Crippen LogP contribution in [-0.4, -0.2) is 32.1 Å². The van der Waals surface area contributed by atoms with Gasteiger partial charge in [-0.25, -0.2) is 4.99 Å². The fourth-order valence-corrected chi connectivity index (χ4v) is 2.75. The number of aryl methyl sites for hydroxylation is 1. The van der Waals surface area contributed by atoms with Crippen LogP contribution < -0.4 is 20.7 Å². The van der Waals surface area contributed by atoms with Crippen molar-refractivity contribution in [2.24, 2.45) is 4.99 Å². The Hall–Kier alpha value is -2.73. The maximum Gasteiger partial charge on any atom is 0.226 e. The molecule has 0 aliphatic carbocycles. The van der Waals surface area contributed by atoms with Crippen LogP contribution >= 0.6 is 11.6 Å². The molecular formula is C21H27ClN4O2. The number of nitrogens with zero attached hydrogens (tertiary/aromatic N) is 1. The predicted molar refractivity (Wildman–Crippen MR) is 115 cm³/mol. The number of nitrogens with one attached hydrogen (secondary N) is 3. The molecule has 0 aliphatic rings. The lowest BCUT2D eigenvalue weighted by molar-refractivity contribution is -0.116. The highest BCUT2D eigenvalue weighted by atomic mass is 35.5. The van der Waals surface area contributed by atoms with Crippen LogP contribution in [0.1, 0.15) is 24.5 Å². The molecule has 0 atom stereocenters. The molecule has 0 fully saturated rings. The smallest absolute Gasteiger partial charge is 0.226 e. The summed E-state index contributed by atoms with van der Waals surface area (Å²) >= 11 is 6.15. The highest BCUT2D eigenvalue weighted by Crippen LogP contribution is 2.22. The first kappa shape index (κ1) is 21.6. The molecule has 0 aromatic heterocycles. The zero-order valence-electron chi connectivity index (χ0n) is 16.5. The largest absolute Gasteiger partial charge is 0.497 e. The van der Waals surface area contributed by atoms with Crippen LogP contribution in [0.25, 0.3) is 0 Å². The van der Waals surface area contributed by atoms with E-state index >= 15 is 0 Å². The van der Waals surface area contributed by atoms with E-state index in [1.54, 1.807) is 7.11 Å². The van der Waals surface area contributed by atoms with Gasteiger partial charge in [0.15, 0.2) is 5.96 Å². The van der Waals surface area contributed by atoms with Gasteiger partial charge in [-0.3, -0.25) is 4.79 Å². The quantitative estimate of drug-likeness (QED) is 0.464. The van der Waals surface area contributed by atoms with Crippen LogP contribution in [0.2, 0.25) is 5.02 Å². The second-order valence-corrected chi connectivity index (χ2v) is 6.66. The van der Waals surface area contributed by atoms with Gasteiger partial charge in [0.25, 0.3) is 0 Å². The summed E-state index contributed by atoms with van der Waals surface area (Å²) in [6.07, 6.45) is 0.303. The lowest BCUT2D eigenvalue weighted by atomic mass is 10.2. The molecule has 150 valence electrons. The van der Waals surface area contributed by atoms with E-state index in [2.05, 4.69) is 20.9 Å². The lowest BCUT2D eigenvalue weighted by Gasteiger charge is -2.12. The first-order valence-electron chi connectivity index (χ1n) is 9.23. The molecule has 0 bridgehead atoms. The molecule has 0 saturated carbocycles. The van der Waals surface area contributed by atoms with Gasteiger partial charge in [-0.05, 0) is 49.2 Å². The zero-order chi connectivity index (χ0) is 20.4. The molecule has 0 heterocycles. The second-order valence-electron chi connectivity index (χ2n) is 6.25. The Morgan fingerprint density at radius 2 is 1.89 bits per heavy atom. The van der Waals surface area contributed by atoms with Gasteiger partial charge in [0.05, 0.1) is 24.4 Å². The summed E-state index contributed by atoms with van der Waals surface area (Å²) in [6, 6.07) is 13.3. The summed E-state index contributed by atoms with van der Waals surface area (Å²) in [6.45, 7) is 5.68. The first-order chi connectivity index (χ1) is 13.5. The van der Waals surface area contributed by atoms with Crippen molar-refractivity contribution >= 4 is 29.2 Å². The Morgan fingerprint density at radius 3 is 2.54 bits per heavy atom. The number of ether oxygens (including phenoxy) is 1. The molecule has 28 heavy (non-hydrogen) atoms. The molecule has 1 amide bonds. The van der Waals surface area contributed by atoms with Crippen LogP contribution in [0.5, 0.6) is 5.75 Å². The number of hydrogen-bond donors (Lipinski definition) is 3. The first-order valence-corrected chi connectivity index (χ1v) is 9.60. The minimum Gasteiger partial charge on any atom is -0.497 e. The Balaban J connectivity index is 1.83. The average Bonchev–Trinajstić information content (AvgIpc) is 2.68. The summed E-state index contributed by atoms with van der Waals surface area (Å²) < 4.78 is 5.16. The third-order valence-electron chi connectivity index (χ3n) is 3.97. The van der Waals surface area contributed by atoms with Crippen molar-refractivity contribution in [3.8, 4) is 5.75 Å². The van der Waals surface area contributed by atoms with Crippen molar-refractivity contribution in [2.75, 3.05) is 25.5 Å². The lowest BCUT2D eigenvalue weighted by Crippen LogP contribution is -2.38. The van der Waals surface area contributed by atoms with Gasteiger partial charge < -0.3 is 20.7 Å². The molecule has 2 aromatic rings. The van der Waals surface area contributed by atoms with Gasteiger partial charge in [-0.15, -0.1) is 0 Å². The number of guanidine groups is 1. The number of halogens is 1. The third-order valence-corrected chi connectivity index (χ3v) is 4.28. The van der Waals surface area contributed by atoms with E-state index in [4.69, 9.17) is 16.3 Å². The van der Waals surface area contributed by atoms with Crippen LogP contribution in [0.3, 0.4) is 0 Å². The number of benzene rings is 2. The fraction of sp³-hybridized carbons (Fsp3) is 0.333. The Bertz CT molecular complexity index is 807. The van der Waals surface area contributed by atoms with E-state index in [-0.39, 0.29) is 5.91 Å². The van der Waals surface area contributed by atoms with E-state index in [1.807, 2.05) is 56.3 Å². The number of anilines is 1. The minimum absolute atomic E-state index is 0.107. The number of rotatable bonds is 8. The van der Waals surface area contributed by atoms with Crippen LogP contribution in [0, 0.1) is 6.92 Å². The molecule has 0 radical (unpaired) electrons. The van der Waals surface area contributed by atoms with E-state index in [0.29, 0.717) is 36.2 Å². The number of carbonyl (C=O) groups is 1. The molecule has 6 nitrogen and oxygen atoms in total. The van der Waals surface area contributed by atoms with E-state index in [1.165, 1.54) is 0 Å². The molecule has 0 aliphatic heterocycles. The normalized spacial score (nSPS) is 11.1. The van der Waals surface area contributed by atoms with Gasteiger partial charge >= 0.3 is 0 Å². The number of carbonyl (C=O) groups excluding carboxylic acids is 1. The summed E-state index contributed by atoms with van der Waals surface area (Å²) in [5.74, 6) is 1.38. The fourth-order valence-electron chi connectivity index (χ4n) is 2.47. The maximum atomic E-state index is 12.1. The van der Waals surface area contributed by atoms with E-state index in [0.717, 1.165) is 23.4 Å². The van der Waals surface area contributed by atoms with Gasteiger partial charge in [0.2, 0.25) is 5.91 Å². The summed E-state index contributed by atoms with van der Waals surface area (Å²) in [5.41, 5.74) is 2.75. The zero-order valence-corrected chi connectivity index (χ0v) is 17.3. The van der Waals surface area contributed by atoms with Crippen molar-refractivity contribution in [1.29, 1.82) is 0 Å². The van der Waals surface area contributed by atoms with E-state index < -0.39 is 0 Å². The topological polar surface area (TPSA) is 74.8 Å². The number of aliphatic imine (C=N–C) groups is 1. The maximum absolute atomic E-state index is 12.1. The summed E-state index contributed by atoms with van der Waals surface area (Å²) in [5, 5.41) is 9.72.